The van der Waals surface area contributed by atoms with Gasteiger partial charge in [-0.25, -0.2) is 0 Å². The second kappa shape index (κ2) is 3.17. The van der Waals surface area contributed by atoms with E-state index < -0.39 is 0 Å². The van der Waals surface area contributed by atoms with E-state index in [1.807, 2.05) is 17.1 Å². The van der Waals surface area contributed by atoms with Gasteiger partial charge in [0.25, 0.3) is 0 Å². The van der Waals surface area contributed by atoms with Crippen LogP contribution in [0.5, 0.6) is 0 Å². The average molecular weight is 237 g/mol. The number of nitrogens with two attached hydrogens (primary N) is 1. The summed E-state index contributed by atoms with van der Waals surface area (Å²) >= 11 is 2.22. The summed E-state index contributed by atoms with van der Waals surface area (Å²) in [7, 11) is 0. The molecule has 9 heavy (non-hydrogen) atoms. The fourth-order valence-electron chi connectivity index (χ4n) is 0.593. The van der Waals surface area contributed by atoms with E-state index in [9.17, 15) is 0 Å². The minimum absolute atomic E-state index is 0.651. The smallest absolute Gasteiger partial charge is 0.0623 e. The molecule has 0 saturated heterocycles. The van der Waals surface area contributed by atoms with Gasteiger partial charge >= 0.3 is 0 Å². The number of hydrogen-bond donors (Lipinski definition) is 1. The van der Waals surface area contributed by atoms with Gasteiger partial charge in [-0.1, -0.05) is 0 Å². The molecular formula is C5H8IN3. The van der Waals surface area contributed by atoms with Crippen molar-refractivity contribution in [1.82, 2.24) is 9.78 Å². The van der Waals surface area contributed by atoms with Gasteiger partial charge in [0.15, 0.2) is 0 Å². The zero-order valence-electron chi connectivity index (χ0n) is 4.92. The SMILES string of the molecule is NCCn1cc(I)cn1. The van der Waals surface area contributed by atoms with Crippen LogP contribution >= 0.6 is 22.6 Å². The van der Waals surface area contributed by atoms with Crippen molar-refractivity contribution >= 4 is 22.6 Å². The molecule has 0 fully saturated rings. The van der Waals surface area contributed by atoms with E-state index >= 15 is 0 Å². The van der Waals surface area contributed by atoms with Gasteiger partial charge in [0.2, 0.25) is 0 Å². The van der Waals surface area contributed by atoms with Crippen molar-refractivity contribution in [3.8, 4) is 0 Å². The number of hydrogen-bond acceptors (Lipinski definition) is 2. The minimum atomic E-state index is 0.651. The number of aromatic nitrogens is 2. The zero-order chi connectivity index (χ0) is 6.69. The molecule has 0 radical (unpaired) electrons. The van der Waals surface area contributed by atoms with E-state index in [1.165, 1.54) is 0 Å². The summed E-state index contributed by atoms with van der Waals surface area (Å²) in [6.07, 6.45) is 3.78. The molecule has 0 unspecified atom stereocenters. The summed E-state index contributed by atoms with van der Waals surface area (Å²) in [5.41, 5.74) is 5.31. The molecule has 0 bridgehead atoms. The summed E-state index contributed by atoms with van der Waals surface area (Å²) in [5.74, 6) is 0. The largest absolute Gasteiger partial charge is 0.329 e. The summed E-state index contributed by atoms with van der Waals surface area (Å²) in [4.78, 5) is 0. The van der Waals surface area contributed by atoms with Crippen LogP contribution in [-0.4, -0.2) is 16.3 Å². The van der Waals surface area contributed by atoms with E-state index in [1.54, 1.807) is 0 Å². The van der Waals surface area contributed by atoms with Crippen LogP contribution in [0.15, 0.2) is 12.4 Å². The lowest BCUT2D eigenvalue weighted by molar-refractivity contribution is 0.625. The summed E-state index contributed by atoms with van der Waals surface area (Å²) in [5, 5.41) is 4.03. The van der Waals surface area contributed by atoms with E-state index in [0.717, 1.165) is 10.1 Å². The molecule has 50 valence electrons. The van der Waals surface area contributed by atoms with Crippen LogP contribution in [0.4, 0.5) is 0 Å². The number of halogens is 1. The fraction of sp³-hybridized carbons (Fsp3) is 0.400. The molecule has 0 aliphatic heterocycles. The Morgan fingerprint density at radius 2 is 2.56 bits per heavy atom. The summed E-state index contributed by atoms with van der Waals surface area (Å²) in [6, 6.07) is 0. The maximum atomic E-state index is 5.31. The maximum absolute atomic E-state index is 5.31. The molecule has 0 atom stereocenters. The lowest BCUT2D eigenvalue weighted by Gasteiger charge is -1.93. The van der Waals surface area contributed by atoms with Gasteiger partial charge in [0.05, 0.1) is 16.3 Å². The Morgan fingerprint density at radius 3 is 3.00 bits per heavy atom. The molecule has 3 nitrogen and oxygen atoms in total. The normalized spacial score (nSPS) is 10.0. The van der Waals surface area contributed by atoms with E-state index in [2.05, 4.69) is 27.7 Å². The second-order valence-electron chi connectivity index (χ2n) is 1.71. The third-order valence-corrected chi connectivity index (χ3v) is 1.52. The van der Waals surface area contributed by atoms with Gasteiger partial charge in [0, 0.05) is 12.7 Å². The van der Waals surface area contributed by atoms with E-state index in [-0.39, 0.29) is 0 Å². The Kier molecular flexibility index (Phi) is 2.47. The van der Waals surface area contributed by atoms with Crippen LogP contribution in [0.3, 0.4) is 0 Å². The van der Waals surface area contributed by atoms with Gasteiger partial charge in [-0.3, -0.25) is 4.68 Å². The van der Waals surface area contributed by atoms with Gasteiger partial charge in [-0.15, -0.1) is 0 Å². The molecule has 1 aromatic rings. The predicted molar refractivity (Wildman–Crippen MR) is 44.0 cm³/mol. The van der Waals surface area contributed by atoms with Crippen LogP contribution in [0.2, 0.25) is 0 Å². The summed E-state index contributed by atoms with van der Waals surface area (Å²) < 4.78 is 2.99. The van der Waals surface area contributed by atoms with Crippen molar-refractivity contribution in [1.29, 1.82) is 0 Å². The van der Waals surface area contributed by atoms with Crippen LogP contribution in [0, 0.1) is 3.57 Å². The Labute approximate surface area is 67.4 Å². The Balaban J connectivity index is 2.61. The lowest BCUT2D eigenvalue weighted by atomic mass is 10.6. The molecule has 2 N–H and O–H groups in total. The first-order valence-electron chi connectivity index (χ1n) is 2.71. The first kappa shape index (κ1) is 7.01. The molecular weight excluding hydrogens is 229 g/mol. The third-order valence-electron chi connectivity index (χ3n) is 0.960. The van der Waals surface area contributed by atoms with Crippen molar-refractivity contribution in [3.63, 3.8) is 0 Å². The minimum Gasteiger partial charge on any atom is -0.329 e. The monoisotopic (exact) mass is 237 g/mol. The topological polar surface area (TPSA) is 43.8 Å². The molecule has 1 aromatic heterocycles. The van der Waals surface area contributed by atoms with Gasteiger partial charge < -0.3 is 5.73 Å². The summed E-state index contributed by atoms with van der Waals surface area (Å²) in [6.45, 7) is 1.46. The highest BCUT2D eigenvalue weighted by Crippen LogP contribution is 1.99. The van der Waals surface area contributed by atoms with Crippen molar-refractivity contribution in [3.05, 3.63) is 16.0 Å². The van der Waals surface area contributed by atoms with Crippen LogP contribution in [-0.2, 0) is 6.54 Å². The standard InChI is InChI=1S/C5H8IN3/c6-5-3-8-9(4-5)2-1-7/h3-4H,1-2,7H2. The Bertz CT molecular complexity index is 184. The highest BCUT2D eigenvalue weighted by molar-refractivity contribution is 14.1. The van der Waals surface area contributed by atoms with Crippen molar-refractivity contribution in [2.75, 3.05) is 6.54 Å². The second-order valence-corrected chi connectivity index (χ2v) is 2.96. The van der Waals surface area contributed by atoms with Crippen LogP contribution in [0.1, 0.15) is 0 Å². The molecule has 0 amide bonds. The number of rotatable bonds is 2. The molecule has 1 heterocycles. The molecule has 0 aliphatic rings. The quantitative estimate of drug-likeness (QED) is 0.759. The molecule has 0 aliphatic carbocycles. The van der Waals surface area contributed by atoms with E-state index in [4.69, 9.17) is 5.73 Å². The lowest BCUT2D eigenvalue weighted by Crippen LogP contribution is -2.09. The first-order valence-corrected chi connectivity index (χ1v) is 3.79. The zero-order valence-corrected chi connectivity index (χ0v) is 7.08. The first-order chi connectivity index (χ1) is 4.33. The fourth-order valence-corrected chi connectivity index (χ4v) is 1.04. The molecule has 0 saturated carbocycles. The van der Waals surface area contributed by atoms with Crippen molar-refractivity contribution in [2.45, 2.75) is 6.54 Å². The molecule has 1 rings (SSSR count). The van der Waals surface area contributed by atoms with Crippen LogP contribution < -0.4 is 5.73 Å². The highest BCUT2D eigenvalue weighted by atomic mass is 127. The molecule has 0 spiro atoms. The van der Waals surface area contributed by atoms with Crippen molar-refractivity contribution < 1.29 is 0 Å². The van der Waals surface area contributed by atoms with Crippen LogP contribution in [0.25, 0.3) is 0 Å². The molecule has 0 aromatic carbocycles. The Hall–Kier alpha value is -0.100. The van der Waals surface area contributed by atoms with Crippen molar-refractivity contribution in [2.24, 2.45) is 5.73 Å². The van der Waals surface area contributed by atoms with E-state index in [0.29, 0.717) is 6.54 Å². The predicted octanol–water partition coefficient (Wildman–Crippen LogP) is 0.446. The number of nitrogens with zero attached hydrogens (tertiary/aromatic N) is 2. The third kappa shape index (κ3) is 1.94. The van der Waals surface area contributed by atoms with Gasteiger partial charge in [-0.2, -0.15) is 5.10 Å². The van der Waals surface area contributed by atoms with Gasteiger partial charge in [-0.05, 0) is 22.6 Å². The highest BCUT2D eigenvalue weighted by Gasteiger charge is 1.90. The average Bonchev–Trinajstić information content (AvgIpc) is 2.17. The van der Waals surface area contributed by atoms with Gasteiger partial charge in [0.1, 0.15) is 0 Å². The molecule has 4 heteroatoms. The Morgan fingerprint density at radius 1 is 1.78 bits per heavy atom. The maximum Gasteiger partial charge on any atom is 0.0623 e.